The van der Waals surface area contributed by atoms with Gasteiger partial charge in [0, 0.05) is 16.9 Å². The van der Waals surface area contributed by atoms with Gasteiger partial charge in [0.1, 0.15) is 5.82 Å². The van der Waals surface area contributed by atoms with E-state index in [1.165, 1.54) is 12.1 Å². The standard InChI is InChI=1S/C12H10ClFN2O2S/c1-7-5-15-12(19-6-11(17)18)16(7)10-3-2-8(13)4-9(10)14/h2-5H,6H2,1H3,(H,17,18). The molecule has 2 aromatic rings. The Morgan fingerprint density at radius 2 is 2.32 bits per heavy atom. The van der Waals surface area contributed by atoms with Crippen LogP contribution in [0, 0.1) is 12.7 Å². The van der Waals surface area contributed by atoms with E-state index in [-0.39, 0.29) is 5.75 Å². The lowest BCUT2D eigenvalue weighted by molar-refractivity contribution is -0.133. The Balaban J connectivity index is 2.43. The van der Waals surface area contributed by atoms with Gasteiger partial charge >= 0.3 is 5.97 Å². The summed E-state index contributed by atoms with van der Waals surface area (Å²) >= 11 is 6.75. The van der Waals surface area contributed by atoms with E-state index in [0.29, 0.717) is 21.6 Å². The number of carbonyl (C=O) groups is 1. The van der Waals surface area contributed by atoms with Crippen molar-refractivity contribution in [3.63, 3.8) is 0 Å². The van der Waals surface area contributed by atoms with Crippen molar-refractivity contribution in [2.24, 2.45) is 0 Å². The van der Waals surface area contributed by atoms with Crippen LogP contribution in [0.1, 0.15) is 5.69 Å². The first-order valence-corrected chi connectivity index (χ1v) is 6.69. The highest BCUT2D eigenvalue weighted by Crippen LogP contribution is 2.26. The molecule has 0 atom stereocenters. The zero-order chi connectivity index (χ0) is 14.0. The van der Waals surface area contributed by atoms with Gasteiger partial charge in [-0.25, -0.2) is 9.37 Å². The van der Waals surface area contributed by atoms with Crippen LogP contribution in [0.5, 0.6) is 0 Å². The summed E-state index contributed by atoms with van der Waals surface area (Å²) < 4.78 is 15.5. The van der Waals surface area contributed by atoms with Gasteiger partial charge in [0.05, 0.1) is 11.4 Å². The summed E-state index contributed by atoms with van der Waals surface area (Å²) in [5.41, 5.74) is 1.02. The van der Waals surface area contributed by atoms with Crippen molar-refractivity contribution in [2.45, 2.75) is 12.1 Å². The Morgan fingerprint density at radius 1 is 1.58 bits per heavy atom. The van der Waals surface area contributed by atoms with E-state index >= 15 is 0 Å². The van der Waals surface area contributed by atoms with Gasteiger partial charge in [-0.3, -0.25) is 9.36 Å². The Labute approximate surface area is 118 Å². The van der Waals surface area contributed by atoms with E-state index in [4.69, 9.17) is 16.7 Å². The average molecular weight is 301 g/mol. The molecule has 0 spiro atoms. The topological polar surface area (TPSA) is 55.1 Å². The molecule has 0 bridgehead atoms. The number of aromatic nitrogens is 2. The number of rotatable bonds is 4. The molecule has 0 fully saturated rings. The smallest absolute Gasteiger partial charge is 0.313 e. The van der Waals surface area contributed by atoms with E-state index in [1.807, 2.05) is 0 Å². The molecule has 0 amide bonds. The zero-order valence-corrected chi connectivity index (χ0v) is 11.5. The maximum absolute atomic E-state index is 13.9. The maximum Gasteiger partial charge on any atom is 0.313 e. The number of aryl methyl sites for hydroxylation is 1. The Bertz CT molecular complexity index is 630. The van der Waals surface area contributed by atoms with Gasteiger partial charge in [-0.05, 0) is 25.1 Å². The fourth-order valence-corrected chi connectivity index (χ4v) is 2.51. The fourth-order valence-electron chi connectivity index (χ4n) is 1.60. The van der Waals surface area contributed by atoms with Crippen molar-refractivity contribution in [3.05, 3.63) is 40.9 Å². The molecule has 0 saturated heterocycles. The normalized spacial score (nSPS) is 10.7. The predicted octanol–water partition coefficient (Wildman–Crippen LogP) is 3.15. The molecule has 1 aromatic carbocycles. The van der Waals surface area contributed by atoms with E-state index in [0.717, 1.165) is 11.8 Å². The summed E-state index contributed by atoms with van der Waals surface area (Å²) in [6, 6.07) is 4.32. The van der Waals surface area contributed by atoms with Crippen LogP contribution in [0.3, 0.4) is 0 Å². The first-order valence-electron chi connectivity index (χ1n) is 5.33. The lowest BCUT2D eigenvalue weighted by atomic mass is 10.3. The van der Waals surface area contributed by atoms with Crippen molar-refractivity contribution >= 4 is 29.3 Å². The minimum absolute atomic E-state index is 0.133. The highest BCUT2D eigenvalue weighted by molar-refractivity contribution is 7.99. The second-order valence-corrected chi connectivity index (χ2v) is 5.17. The molecule has 0 aliphatic rings. The molecule has 1 heterocycles. The van der Waals surface area contributed by atoms with Crippen LogP contribution in [0.25, 0.3) is 5.69 Å². The Hall–Kier alpha value is -1.53. The van der Waals surface area contributed by atoms with Gasteiger partial charge in [-0.1, -0.05) is 23.4 Å². The van der Waals surface area contributed by atoms with Crippen molar-refractivity contribution in [1.29, 1.82) is 0 Å². The largest absolute Gasteiger partial charge is 0.481 e. The maximum atomic E-state index is 13.9. The fraction of sp³-hybridized carbons (Fsp3) is 0.167. The molecule has 1 N–H and O–H groups in total. The highest BCUT2D eigenvalue weighted by atomic mass is 35.5. The number of benzene rings is 1. The van der Waals surface area contributed by atoms with Crippen molar-refractivity contribution in [1.82, 2.24) is 9.55 Å². The van der Waals surface area contributed by atoms with Gasteiger partial charge < -0.3 is 5.11 Å². The molecule has 0 aliphatic carbocycles. The molecule has 4 nitrogen and oxygen atoms in total. The molecule has 2 rings (SSSR count). The van der Waals surface area contributed by atoms with Crippen molar-refractivity contribution in [3.8, 4) is 5.69 Å². The SMILES string of the molecule is Cc1cnc(SCC(=O)O)n1-c1ccc(Cl)cc1F. The first-order chi connectivity index (χ1) is 8.99. The Morgan fingerprint density at radius 3 is 2.95 bits per heavy atom. The molecule has 1 aromatic heterocycles. The van der Waals surface area contributed by atoms with Gasteiger partial charge in [0.15, 0.2) is 5.16 Å². The molecule has 0 aliphatic heterocycles. The van der Waals surface area contributed by atoms with Crippen molar-refractivity contribution in [2.75, 3.05) is 5.75 Å². The summed E-state index contributed by atoms with van der Waals surface area (Å²) in [5, 5.41) is 9.42. The van der Waals surface area contributed by atoms with Crippen LogP contribution in [0.2, 0.25) is 5.02 Å². The monoisotopic (exact) mass is 300 g/mol. The minimum Gasteiger partial charge on any atom is -0.481 e. The molecule has 0 saturated carbocycles. The Kier molecular flexibility index (Phi) is 4.11. The molecule has 7 heteroatoms. The third-order valence-corrected chi connectivity index (χ3v) is 3.55. The number of thioether (sulfide) groups is 1. The van der Waals surface area contributed by atoms with Crippen LogP contribution >= 0.6 is 23.4 Å². The molecular weight excluding hydrogens is 291 g/mol. The second-order valence-electron chi connectivity index (χ2n) is 3.80. The third kappa shape index (κ3) is 3.08. The number of imidazole rings is 1. The summed E-state index contributed by atoms with van der Waals surface area (Å²) in [5.74, 6) is -1.56. The molecular formula is C12H10ClFN2O2S. The number of halogens is 2. The highest BCUT2D eigenvalue weighted by Gasteiger charge is 2.14. The minimum atomic E-state index is -0.950. The van der Waals surface area contributed by atoms with Gasteiger partial charge in [-0.15, -0.1) is 0 Å². The summed E-state index contributed by atoms with van der Waals surface area (Å²) in [7, 11) is 0. The zero-order valence-electron chi connectivity index (χ0n) is 9.93. The lowest BCUT2D eigenvalue weighted by Gasteiger charge is -2.10. The number of carboxylic acid groups (broad SMARTS) is 1. The van der Waals surface area contributed by atoms with Crippen LogP contribution in [-0.2, 0) is 4.79 Å². The van der Waals surface area contributed by atoms with Gasteiger partial charge in [0.25, 0.3) is 0 Å². The quantitative estimate of drug-likeness (QED) is 0.881. The number of nitrogens with zero attached hydrogens (tertiary/aromatic N) is 2. The number of hydrogen-bond donors (Lipinski definition) is 1. The molecule has 19 heavy (non-hydrogen) atoms. The summed E-state index contributed by atoms with van der Waals surface area (Å²) in [4.78, 5) is 14.7. The second kappa shape index (κ2) is 5.63. The van der Waals surface area contributed by atoms with Crippen LogP contribution in [0.4, 0.5) is 4.39 Å². The van der Waals surface area contributed by atoms with Gasteiger partial charge in [0.2, 0.25) is 0 Å². The van der Waals surface area contributed by atoms with Crippen LogP contribution < -0.4 is 0 Å². The number of hydrogen-bond acceptors (Lipinski definition) is 3. The average Bonchev–Trinajstić information content (AvgIpc) is 2.68. The van der Waals surface area contributed by atoms with E-state index in [1.54, 1.807) is 23.8 Å². The number of carboxylic acids is 1. The molecule has 100 valence electrons. The van der Waals surface area contributed by atoms with E-state index < -0.39 is 11.8 Å². The van der Waals surface area contributed by atoms with E-state index in [9.17, 15) is 9.18 Å². The summed E-state index contributed by atoms with van der Waals surface area (Å²) in [6.07, 6.45) is 1.57. The first kappa shape index (κ1) is 13.9. The predicted molar refractivity (Wildman–Crippen MR) is 71.6 cm³/mol. The van der Waals surface area contributed by atoms with Crippen LogP contribution in [0.15, 0.2) is 29.6 Å². The van der Waals surface area contributed by atoms with Gasteiger partial charge in [-0.2, -0.15) is 0 Å². The lowest BCUT2D eigenvalue weighted by Crippen LogP contribution is -2.04. The van der Waals surface area contributed by atoms with Crippen molar-refractivity contribution < 1.29 is 14.3 Å². The summed E-state index contributed by atoms with van der Waals surface area (Å²) in [6.45, 7) is 1.77. The number of aliphatic carboxylic acids is 1. The van der Waals surface area contributed by atoms with Crippen LogP contribution in [-0.4, -0.2) is 26.4 Å². The molecule has 0 radical (unpaired) electrons. The van der Waals surface area contributed by atoms with E-state index in [2.05, 4.69) is 4.98 Å². The molecule has 0 unspecified atom stereocenters. The third-order valence-electron chi connectivity index (χ3n) is 2.38.